The van der Waals surface area contributed by atoms with Gasteiger partial charge in [-0.3, -0.25) is 4.79 Å². The van der Waals surface area contributed by atoms with E-state index in [9.17, 15) is 14.3 Å². The Balaban J connectivity index is 2.34. The van der Waals surface area contributed by atoms with E-state index >= 15 is 0 Å². The highest BCUT2D eigenvalue weighted by Crippen LogP contribution is 2.21. The molecule has 0 aliphatic carbocycles. The predicted octanol–water partition coefficient (Wildman–Crippen LogP) is 2.67. The van der Waals surface area contributed by atoms with E-state index in [4.69, 9.17) is 0 Å². The van der Waals surface area contributed by atoms with Gasteiger partial charge in [0.1, 0.15) is 5.82 Å². The first-order valence-corrected chi connectivity index (χ1v) is 6.98. The third-order valence-electron chi connectivity index (χ3n) is 3.14. The van der Waals surface area contributed by atoms with Gasteiger partial charge in [0.05, 0.1) is 6.10 Å². The number of aliphatic hydroxyl groups is 1. The normalized spacial score (nSPS) is 13.1. The van der Waals surface area contributed by atoms with Gasteiger partial charge in [-0.2, -0.15) is 0 Å². The van der Waals surface area contributed by atoms with Crippen molar-refractivity contribution in [3.8, 4) is 0 Å². The van der Waals surface area contributed by atoms with Crippen LogP contribution in [0.15, 0.2) is 24.3 Å². The predicted molar refractivity (Wildman–Crippen MR) is 77.8 cm³/mol. The molecule has 0 heterocycles. The van der Waals surface area contributed by atoms with Crippen LogP contribution in [-0.2, 0) is 11.2 Å². The fourth-order valence-electron chi connectivity index (χ4n) is 2.25. The summed E-state index contributed by atoms with van der Waals surface area (Å²) in [6.45, 7) is 6.28. The molecular weight excluding hydrogens is 257 g/mol. The first kappa shape index (κ1) is 16.6. The van der Waals surface area contributed by atoms with Gasteiger partial charge in [-0.05, 0) is 42.9 Å². The van der Waals surface area contributed by atoms with Gasteiger partial charge >= 0.3 is 0 Å². The van der Waals surface area contributed by atoms with Crippen molar-refractivity contribution in [1.82, 2.24) is 5.32 Å². The van der Waals surface area contributed by atoms with E-state index < -0.39 is 0 Å². The number of hydrogen-bond acceptors (Lipinski definition) is 2. The van der Waals surface area contributed by atoms with E-state index in [0.717, 1.165) is 5.56 Å². The molecule has 1 atom stereocenters. The lowest BCUT2D eigenvalue weighted by atomic mass is 9.87. The maximum atomic E-state index is 13.0. The topological polar surface area (TPSA) is 49.3 Å². The number of hydrogen-bond donors (Lipinski definition) is 2. The van der Waals surface area contributed by atoms with Gasteiger partial charge in [0.2, 0.25) is 5.91 Å². The summed E-state index contributed by atoms with van der Waals surface area (Å²) in [5, 5.41) is 12.3. The van der Waals surface area contributed by atoms with E-state index in [-0.39, 0.29) is 23.2 Å². The maximum Gasteiger partial charge on any atom is 0.220 e. The Kier molecular flexibility index (Phi) is 6.14. The number of carbonyl (C=O) groups is 1. The molecule has 0 aliphatic heterocycles. The first-order chi connectivity index (χ1) is 9.28. The van der Waals surface area contributed by atoms with Gasteiger partial charge in [0, 0.05) is 13.0 Å². The summed E-state index contributed by atoms with van der Waals surface area (Å²) in [7, 11) is 0. The Hall–Kier alpha value is -1.42. The molecule has 0 aliphatic rings. The lowest BCUT2D eigenvalue weighted by molar-refractivity contribution is -0.121. The summed E-state index contributed by atoms with van der Waals surface area (Å²) in [6.07, 6.45) is 1.13. The molecule has 4 heteroatoms. The van der Waals surface area contributed by atoms with Crippen LogP contribution in [0.3, 0.4) is 0 Å². The largest absolute Gasteiger partial charge is 0.393 e. The van der Waals surface area contributed by atoms with Crippen LogP contribution in [0.1, 0.15) is 39.2 Å². The quantitative estimate of drug-likeness (QED) is 0.807. The summed E-state index contributed by atoms with van der Waals surface area (Å²) in [5.41, 5.74) is 0.686. The molecule has 1 unspecified atom stereocenters. The molecule has 0 saturated heterocycles. The van der Waals surface area contributed by atoms with Gasteiger partial charge in [-0.15, -0.1) is 0 Å². The standard InChI is InChI=1S/C16H24FNO2/c1-12(19)10-16(2,3)11-18-15(20)8-7-13-5-4-6-14(17)9-13/h4-6,9,12,19H,7-8,10-11H2,1-3H3,(H,18,20). The van der Waals surface area contributed by atoms with E-state index in [1.165, 1.54) is 12.1 Å². The Labute approximate surface area is 120 Å². The number of carbonyl (C=O) groups excluding carboxylic acids is 1. The highest BCUT2D eigenvalue weighted by Gasteiger charge is 2.20. The molecular formula is C16H24FNO2. The van der Waals surface area contributed by atoms with Gasteiger partial charge in [-0.25, -0.2) is 4.39 Å². The summed E-state index contributed by atoms with van der Waals surface area (Å²) in [4.78, 5) is 11.8. The van der Waals surface area contributed by atoms with Crippen molar-refractivity contribution in [2.45, 2.75) is 46.1 Å². The molecule has 1 aromatic rings. The van der Waals surface area contributed by atoms with Crippen molar-refractivity contribution in [3.05, 3.63) is 35.6 Å². The number of benzene rings is 1. The lowest BCUT2D eigenvalue weighted by Gasteiger charge is -2.26. The third-order valence-corrected chi connectivity index (χ3v) is 3.14. The highest BCUT2D eigenvalue weighted by atomic mass is 19.1. The van der Waals surface area contributed by atoms with Crippen LogP contribution < -0.4 is 5.32 Å². The Morgan fingerprint density at radius 3 is 2.75 bits per heavy atom. The van der Waals surface area contributed by atoms with E-state index in [1.807, 2.05) is 19.9 Å². The van der Waals surface area contributed by atoms with Gasteiger partial charge in [-0.1, -0.05) is 26.0 Å². The third kappa shape index (κ3) is 6.66. The molecule has 20 heavy (non-hydrogen) atoms. The monoisotopic (exact) mass is 281 g/mol. The van der Waals surface area contributed by atoms with E-state index in [2.05, 4.69) is 5.32 Å². The number of amides is 1. The number of nitrogens with one attached hydrogen (secondary N) is 1. The second-order valence-electron chi connectivity index (χ2n) is 6.12. The second kappa shape index (κ2) is 7.39. The number of rotatable bonds is 7. The van der Waals surface area contributed by atoms with Crippen molar-refractivity contribution in [2.75, 3.05) is 6.54 Å². The zero-order valence-corrected chi connectivity index (χ0v) is 12.4. The summed E-state index contributed by atoms with van der Waals surface area (Å²) < 4.78 is 13.0. The molecule has 1 rings (SSSR count). The molecule has 0 aromatic heterocycles. The SMILES string of the molecule is CC(O)CC(C)(C)CNC(=O)CCc1cccc(F)c1. The van der Waals surface area contributed by atoms with Crippen LogP contribution in [0.25, 0.3) is 0 Å². The smallest absolute Gasteiger partial charge is 0.220 e. The first-order valence-electron chi connectivity index (χ1n) is 6.98. The number of aliphatic hydroxyl groups excluding tert-OH is 1. The molecule has 0 spiro atoms. The van der Waals surface area contributed by atoms with Crippen LogP contribution in [0.4, 0.5) is 4.39 Å². The molecule has 0 fully saturated rings. The summed E-state index contributed by atoms with van der Waals surface area (Å²) in [5.74, 6) is -0.325. The molecule has 0 saturated carbocycles. The Morgan fingerprint density at radius 1 is 1.45 bits per heavy atom. The fourth-order valence-corrected chi connectivity index (χ4v) is 2.25. The lowest BCUT2D eigenvalue weighted by Crippen LogP contribution is -2.35. The minimum atomic E-state index is -0.380. The van der Waals surface area contributed by atoms with Gasteiger partial charge in [0.25, 0.3) is 0 Å². The molecule has 2 N–H and O–H groups in total. The molecule has 3 nitrogen and oxygen atoms in total. The summed E-state index contributed by atoms with van der Waals surface area (Å²) >= 11 is 0. The van der Waals surface area contributed by atoms with Crippen molar-refractivity contribution < 1.29 is 14.3 Å². The van der Waals surface area contributed by atoms with Crippen molar-refractivity contribution in [1.29, 1.82) is 0 Å². The second-order valence-corrected chi connectivity index (χ2v) is 6.12. The molecule has 1 amide bonds. The van der Waals surface area contributed by atoms with Crippen LogP contribution in [0.5, 0.6) is 0 Å². The van der Waals surface area contributed by atoms with Crippen molar-refractivity contribution in [3.63, 3.8) is 0 Å². The zero-order valence-electron chi connectivity index (χ0n) is 12.4. The van der Waals surface area contributed by atoms with Crippen LogP contribution in [0.2, 0.25) is 0 Å². The van der Waals surface area contributed by atoms with Crippen molar-refractivity contribution >= 4 is 5.91 Å². The molecule has 0 bridgehead atoms. The number of halogens is 1. The van der Waals surface area contributed by atoms with Gasteiger partial charge in [0.15, 0.2) is 0 Å². The van der Waals surface area contributed by atoms with Crippen LogP contribution >= 0.6 is 0 Å². The van der Waals surface area contributed by atoms with E-state index in [1.54, 1.807) is 13.0 Å². The minimum Gasteiger partial charge on any atom is -0.393 e. The highest BCUT2D eigenvalue weighted by molar-refractivity contribution is 5.76. The molecule has 112 valence electrons. The Bertz CT molecular complexity index is 444. The fraction of sp³-hybridized carbons (Fsp3) is 0.562. The zero-order chi connectivity index (χ0) is 15.2. The Morgan fingerprint density at radius 2 is 2.15 bits per heavy atom. The average molecular weight is 281 g/mol. The van der Waals surface area contributed by atoms with Crippen LogP contribution in [0, 0.1) is 11.2 Å². The van der Waals surface area contributed by atoms with Crippen molar-refractivity contribution in [2.24, 2.45) is 5.41 Å². The minimum absolute atomic E-state index is 0.0482. The van der Waals surface area contributed by atoms with E-state index in [0.29, 0.717) is 25.8 Å². The average Bonchev–Trinajstić information content (AvgIpc) is 2.32. The van der Waals surface area contributed by atoms with Crippen LogP contribution in [-0.4, -0.2) is 23.7 Å². The molecule has 0 radical (unpaired) electrons. The molecule has 1 aromatic carbocycles. The number of aryl methyl sites for hydroxylation is 1. The summed E-state index contributed by atoms with van der Waals surface area (Å²) in [6, 6.07) is 6.30. The van der Waals surface area contributed by atoms with Gasteiger partial charge < -0.3 is 10.4 Å². The maximum absolute atomic E-state index is 13.0.